The van der Waals surface area contributed by atoms with Crippen molar-refractivity contribution < 1.29 is 9.90 Å². The highest BCUT2D eigenvalue weighted by atomic mass is 32.2. The molecule has 1 amide bonds. The highest BCUT2D eigenvalue weighted by Gasteiger charge is 2.15. The number of nitrogens with one attached hydrogen (secondary N) is 1. The summed E-state index contributed by atoms with van der Waals surface area (Å²) in [5.74, 6) is 0.588. The fourth-order valence-corrected chi connectivity index (χ4v) is 2.41. The first kappa shape index (κ1) is 12.8. The molecule has 1 saturated carbocycles. The molecule has 0 bridgehead atoms. The van der Waals surface area contributed by atoms with Crippen LogP contribution in [0.1, 0.15) is 39.0 Å². The molecule has 1 atom stereocenters. The maximum atomic E-state index is 11.5. The molecule has 0 aliphatic heterocycles. The maximum absolute atomic E-state index is 11.5. The zero-order valence-corrected chi connectivity index (χ0v) is 10.2. The molecule has 4 heteroatoms. The van der Waals surface area contributed by atoms with Crippen LogP contribution in [0.5, 0.6) is 0 Å². The van der Waals surface area contributed by atoms with E-state index in [1.807, 2.05) is 6.92 Å². The number of carbonyl (C=O) groups is 1. The van der Waals surface area contributed by atoms with Gasteiger partial charge in [0.2, 0.25) is 5.91 Å². The Hall–Kier alpha value is -0.220. The Morgan fingerprint density at radius 1 is 1.47 bits per heavy atom. The van der Waals surface area contributed by atoms with Crippen LogP contribution < -0.4 is 5.32 Å². The minimum absolute atomic E-state index is 0.118. The van der Waals surface area contributed by atoms with E-state index in [1.54, 1.807) is 0 Å². The van der Waals surface area contributed by atoms with Gasteiger partial charge in [0.1, 0.15) is 0 Å². The molecule has 1 aliphatic carbocycles. The lowest BCUT2D eigenvalue weighted by atomic mass is 9.95. The van der Waals surface area contributed by atoms with E-state index in [0.29, 0.717) is 11.8 Å². The van der Waals surface area contributed by atoms with Gasteiger partial charge in [-0.15, -0.1) is 11.8 Å². The van der Waals surface area contributed by atoms with E-state index in [0.717, 1.165) is 12.8 Å². The standard InChI is InChI=1S/C11H21NO2S/c1-9(7-13)15-8-11(14)12-10-5-3-2-4-6-10/h9-10,13H,2-8H2,1H3,(H,12,14). The van der Waals surface area contributed by atoms with Gasteiger partial charge in [-0.2, -0.15) is 0 Å². The summed E-state index contributed by atoms with van der Waals surface area (Å²) in [5.41, 5.74) is 0. The number of rotatable bonds is 5. The number of amides is 1. The monoisotopic (exact) mass is 231 g/mol. The maximum Gasteiger partial charge on any atom is 0.230 e. The van der Waals surface area contributed by atoms with E-state index >= 15 is 0 Å². The first-order chi connectivity index (χ1) is 7.22. The predicted molar refractivity (Wildman–Crippen MR) is 64.0 cm³/mol. The van der Waals surface area contributed by atoms with Crippen molar-refractivity contribution in [3.05, 3.63) is 0 Å². The predicted octanol–water partition coefficient (Wildman–Crippen LogP) is 1.55. The van der Waals surface area contributed by atoms with Crippen molar-refractivity contribution >= 4 is 17.7 Å². The summed E-state index contributed by atoms with van der Waals surface area (Å²) < 4.78 is 0. The first-order valence-electron chi connectivity index (χ1n) is 5.74. The minimum atomic E-state index is 0.118. The molecule has 0 aromatic carbocycles. The third kappa shape index (κ3) is 5.42. The molecule has 0 aromatic rings. The molecule has 0 heterocycles. The van der Waals surface area contributed by atoms with Crippen molar-refractivity contribution in [3.63, 3.8) is 0 Å². The second-order valence-corrected chi connectivity index (χ2v) is 5.63. The summed E-state index contributed by atoms with van der Waals surface area (Å²) in [7, 11) is 0. The topological polar surface area (TPSA) is 49.3 Å². The van der Waals surface area contributed by atoms with Crippen molar-refractivity contribution in [2.45, 2.75) is 50.3 Å². The average molecular weight is 231 g/mol. The van der Waals surface area contributed by atoms with Crippen LogP contribution in [0.3, 0.4) is 0 Å². The summed E-state index contributed by atoms with van der Waals surface area (Å²) in [6, 6.07) is 0.399. The number of aliphatic hydroxyl groups is 1. The third-order valence-electron chi connectivity index (χ3n) is 2.73. The van der Waals surface area contributed by atoms with Gasteiger partial charge in [-0.1, -0.05) is 26.2 Å². The van der Waals surface area contributed by atoms with Gasteiger partial charge in [0, 0.05) is 11.3 Å². The van der Waals surface area contributed by atoms with Crippen LogP contribution in [-0.2, 0) is 4.79 Å². The molecule has 0 spiro atoms. The van der Waals surface area contributed by atoms with Gasteiger partial charge in [-0.05, 0) is 12.8 Å². The molecule has 1 unspecified atom stereocenters. The van der Waals surface area contributed by atoms with E-state index in [1.165, 1.54) is 31.0 Å². The number of aliphatic hydroxyl groups excluding tert-OH is 1. The van der Waals surface area contributed by atoms with Gasteiger partial charge in [0.25, 0.3) is 0 Å². The van der Waals surface area contributed by atoms with Gasteiger partial charge >= 0.3 is 0 Å². The lowest BCUT2D eigenvalue weighted by molar-refractivity contribution is -0.119. The Morgan fingerprint density at radius 3 is 2.73 bits per heavy atom. The Kier molecular flexibility index (Phi) is 6.10. The highest BCUT2D eigenvalue weighted by Crippen LogP contribution is 2.17. The van der Waals surface area contributed by atoms with Crippen LogP contribution >= 0.6 is 11.8 Å². The van der Waals surface area contributed by atoms with Crippen molar-refractivity contribution in [2.24, 2.45) is 0 Å². The van der Waals surface area contributed by atoms with E-state index < -0.39 is 0 Å². The first-order valence-corrected chi connectivity index (χ1v) is 6.79. The molecule has 0 aromatic heterocycles. The van der Waals surface area contributed by atoms with Crippen molar-refractivity contribution in [2.75, 3.05) is 12.4 Å². The fraction of sp³-hybridized carbons (Fsp3) is 0.909. The fourth-order valence-electron chi connectivity index (χ4n) is 1.79. The van der Waals surface area contributed by atoms with Gasteiger partial charge < -0.3 is 10.4 Å². The van der Waals surface area contributed by atoms with E-state index in [9.17, 15) is 4.79 Å². The number of thioether (sulfide) groups is 1. The van der Waals surface area contributed by atoms with Gasteiger partial charge in [0.05, 0.1) is 12.4 Å². The molecule has 1 aliphatic rings. The van der Waals surface area contributed by atoms with Gasteiger partial charge in [-0.3, -0.25) is 4.79 Å². The molecular weight excluding hydrogens is 210 g/mol. The SMILES string of the molecule is CC(CO)SCC(=O)NC1CCCCC1. The van der Waals surface area contributed by atoms with Crippen LogP contribution in [0.15, 0.2) is 0 Å². The minimum Gasteiger partial charge on any atom is -0.395 e. The lowest BCUT2D eigenvalue weighted by Gasteiger charge is -2.22. The molecule has 1 rings (SSSR count). The average Bonchev–Trinajstić information content (AvgIpc) is 2.27. The summed E-state index contributed by atoms with van der Waals surface area (Å²) in [4.78, 5) is 11.5. The van der Waals surface area contributed by atoms with Crippen LogP contribution in [0, 0.1) is 0 Å². The van der Waals surface area contributed by atoms with E-state index in [2.05, 4.69) is 5.32 Å². The smallest absolute Gasteiger partial charge is 0.230 e. The summed E-state index contributed by atoms with van der Waals surface area (Å²) in [5, 5.41) is 12.0. The lowest BCUT2D eigenvalue weighted by Crippen LogP contribution is -2.37. The van der Waals surface area contributed by atoms with Crippen molar-refractivity contribution in [1.82, 2.24) is 5.32 Å². The Bertz CT molecular complexity index is 193. The van der Waals surface area contributed by atoms with Crippen LogP contribution in [0.25, 0.3) is 0 Å². The molecule has 2 N–H and O–H groups in total. The number of hydrogen-bond donors (Lipinski definition) is 2. The largest absolute Gasteiger partial charge is 0.395 e. The third-order valence-corrected chi connectivity index (χ3v) is 3.87. The molecule has 88 valence electrons. The van der Waals surface area contributed by atoms with Gasteiger partial charge in [0.15, 0.2) is 0 Å². The van der Waals surface area contributed by atoms with Crippen molar-refractivity contribution in [1.29, 1.82) is 0 Å². The number of carbonyl (C=O) groups excluding carboxylic acids is 1. The second-order valence-electron chi connectivity index (χ2n) is 4.21. The number of hydrogen-bond acceptors (Lipinski definition) is 3. The Balaban J connectivity index is 2.11. The normalized spacial score (nSPS) is 19.9. The molecule has 3 nitrogen and oxygen atoms in total. The summed E-state index contributed by atoms with van der Waals surface area (Å²) in [6.45, 7) is 2.07. The molecule has 1 fully saturated rings. The van der Waals surface area contributed by atoms with Crippen molar-refractivity contribution in [3.8, 4) is 0 Å². The van der Waals surface area contributed by atoms with Crippen LogP contribution in [0.2, 0.25) is 0 Å². The quantitative estimate of drug-likeness (QED) is 0.755. The molecule has 0 saturated heterocycles. The van der Waals surface area contributed by atoms with Gasteiger partial charge in [-0.25, -0.2) is 0 Å². The molecule has 0 radical (unpaired) electrons. The zero-order chi connectivity index (χ0) is 11.1. The molecular formula is C11H21NO2S. The van der Waals surface area contributed by atoms with E-state index in [-0.39, 0.29) is 17.8 Å². The van der Waals surface area contributed by atoms with Crippen LogP contribution in [-0.4, -0.2) is 34.7 Å². The summed E-state index contributed by atoms with van der Waals surface area (Å²) in [6.07, 6.45) is 6.05. The molecule has 15 heavy (non-hydrogen) atoms. The second kappa shape index (κ2) is 7.12. The van der Waals surface area contributed by atoms with E-state index in [4.69, 9.17) is 5.11 Å². The highest BCUT2D eigenvalue weighted by molar-refractivity contribution is 8.00. The Labute approximate surface area is 96.0 Å². The zero-order valence-electron chi connectivity index (χ0n) is 9.37. The Morgan fingerprint density at radius 2 is 2.13 bits per heavy atom. The summed E-state index contributed by atoms with van der Waals surface area (Å²) >= 11 is 1.51. The van der Waals surface area contributed by atoms with Crippen LogP contribution in [0.4, 0.5) is 0 Å².